The molecular weight excluding hydrogens is 463 g/mol. The summed E-state index contributed by atoms with van der Waals surface area (Å²) in [6.45, 7) is 4.54. The molecule has 0 spiro atoms. The van der Waals surface area contributed by atoms with Gasteiger partial charge in [-0.15, -0.1) is 0 Å². The predicted octanol–water partition coefficient (Wildman–Crippen LogP) is 6.13. The van der Waals surface area contributed by atoms with Gasteiger partial charge in [-0.1, -0.05) is 35.8 Å². The normalized spacial score (nSPS) is 10.6. The van der Waals surface area contributed by atoms with Crippen molar-refractivity contribution in [1.29, 1.82) is 0 Å². The van der Waals surface area contributed by atoms with Crippen molar-refractivity contribution >= 4 is 39.1 Å². The minimum Gasteiger partial charge on any atom is -0.492 e. The summed E-state index contributed by atoms with van der Waals surface area (Å²) in [6.07, 6.45) is 0. The molecule has 0 aromatic heterocycles. The van der Waals surface area contributed by atoms with Crippen LogP contribution in [-0.4, -0.2) is 18.4 Å². The molecule has 0 saturated heterocycles. The number of hydrogen-bond donors (Lipinski definition) is 2. The average Bonchev–Trinajstić information content (AvgIpc) is 2.74. The van der Waals surface area contributed by atoms with Crippen LogP contribution in [0.3, 0.4) is 0 Å². The Hall–Kier alpha value is -3.19. The van der Waals surface area contributed by atoms with Crippen LogP contribution < -0.4 is 15.4 Å². The van der Waals surface area contributed by atoms with Crippen LogP contribution in [0, 0.1) is 11.7 Å². The molecule has 0 bridgehead atoms. The van der Waals surface area contributed by atoms with Gasteiger partial charge in [0, 0.05) is 21.4 Å². The number of ether oxygens (including phenoxy) is 1. The summed E-state index contributed by atoms with van der Waals surface area (Å²) in [5, 5.41) is 5.51. The molecule has 3 aromatic carbocycles. The van der Waals surface area contributed by atoms with Gasteiger partial charge in [0.25, 0.3) is 11.8 Å². The van der Waals surface area contributed by atoms with Crippen molar-refractivity contribution in [2.45, 2.75) is 13.8 Å². The monoisotopic (exact) mass is 484 g/mol. The number of anilines is 2. The van der Waals surface area contributed by atoms with E-state index in [0.717, 1.165) is 4.47 Å². The van der Waals surface area contributed by atoms with Crippen LogP contribution in [0.1, 0.15) is 34.6 Å². The first-order chi connectivity index (χ1) is 14.8. The minimum absolute atomic E-state index is 0.316. The van der Waals surface area contributed by atoms with Gasteiger partial charge >= 0.3 is 0 Å². The maximum atomic E-state index is 13.0. The van der Waals surface area contributed by atoms with Gasteiger partial charge < -0.3 is 15.4 Å². The second-order valence-electron chi connectivity index (χ2n) is 7.34. The molecule has 0 unspecified atom stereocenters. The first kappa shape index (κ1) is 22.5. The van der Waals surface area contributed by atoms with Crippen LogP contribution in [0.15, 0.2) is 71.2 Å². The molecule has 0 heterocycles. The number of amides is 2. The van der Waals surface area contributed by atoms with Crippen molar-refractivity contribution in [3.05, 3.63) is 88.1 Å². The molecule has 160 valence electrons. The highest BCUT2D eigenvalue weighted by molar-refractivity contribution is 9.10. The SMILES string of the molecule is CC(C)COc1ccc(Br)cc1C(=O)Nc1cccc(C(=O)Nc2ccc(F)cc2)c1. The molecule has 7 heteroatoms. The van der Waals surface area contributed by atoms with Crippen LogP contribution in [0.25, 0.3) is 0 Å². The van der Waals surface area contributed by atoms with Crippen LogP contribution in [-0.2, 0) is 0 Å². The largest absolute Gasteiger partial charge is 0.492 e. The molecule has 0 radical (unpaired) electrons. The third-order valence-corrected chi connectivity index (χ3v) is 4.74. The quantitative estimate of drug-likeness (QED) is 0.423. The lowest BCUT2D eigenvalue weighted by Gasteiger charge is -2.14. The number of halogens is 2. The van der Waals surface area contributed by atoms with Crippen molar-refractivity contribution in [3.63, 3.8) is 0 Å². The zero-order valence-corrected chi connectivity index (χ0v) is 18.7. The van der Waals surface area contributed by atoms with Gasteiger partial charge in [-0.05, 0) is 66.6 Å². The standard InChI is InChI=1S/C24H22BrFN2O3/c1-15(2)14-31-22-11-6-17(25)13-21(22)24(30)28-20-5-3-4-16(12-20)23(29)27-19-9-7-18(26)8-10-19/h3-13,15H,14H2,1-2H3,(H,27,29)(H,28,30). The smallest absolute Gasteiger partial charge is 0.259 e. The number of rotatable bonds is 7. The van der Waals surface area contributed by atoms with E-state index in [9.17, 15) is 14.0 Å². The average molecular weight is 485 g/mol. The number of hydrogen-bond acceptors (Lipinski definition) is 3. The van der Waals surface area contributed by atoms with Crippen LogP contribution >= 0.6 is 15.9 Å². The summed E-state index contributed by atoms with van der Waals surface area (Å²) in [5.41, 5.74) is 1.68. The first-order valence-electron chi connectivity index (χ1n) is 9.72. The fourth-order valence-corrected chi connectivity index (χ4v) is 3.10. The second kappa shape index (κ2) is 10.2. The van der Waals surface area contributed by atoms with Crippen molar-refractivity contribution in [3.8, 4) is 5.75 Å². The fraction of sp³-hybridized carbons (Fsp3) is 0.167. The second-order valence-corrected chi connectivity index (χ2v) is 8.26. The summed E-state index contributed by atoms with van der Waals surface area (Å²) in [5.74, 6) is -0.301. The summed E-state index contributed by atoms with van der Waals surface area (Å²) in [6, 6.07) is 17.3. The highest BCUT2D eigenvalue weighted by Gasteiger charge is 2.15. The molecule has 0 aliphatic carbocycles. The molecule has 0 atom stereocenters. The lowest BCUT2D eigenvalue weighted by atomic mass is 10.1. The first-order valence-corrected chi connectivity index (χ1v) is 10.5. The van der Waals surface area contributed by atoms with Gasteiger partial charge in [0.1, 0.15) is 11.6 Å². The molecule has 0 fully saturated rings. The minimum atomic E-state index is -0.382. The van der Waals surface area contributed by atoms with Gasteiger partial charge in [0.05, 0.1) is 12.2 Å². The summed E-state index contributed by atoms with van der Waals surface area (Å²) in [7, 11) is 0. The van der Waals surface area contributed by atoms with Crippen LogP contribution in [0.5, 0.6) is 5.75 Å². The molecule has 3 aromatic rings. The van der Waals surface area contributed by atoms with Gasteiger partial charge in [-0.25, -0.2) is 4.39 Å². The van der Waals surface area contributed by atoms with Crippen molar-refractivity contribution < 1.29 is 18.7 Å². The Morgan fingerprint density at radius 3 is 2.35 bits per heavy atom. The van der Waals surface area contributed by atoms with E-state index in [1.165, 1.54) is 24.3 Å². The van der Waals surface area contributed by atoms with E-state index >= 15 is 0 Å². The summed E-state index contributed by atoms with van der Waals surface area (Å²) in [4.78, 5) is 25.4. The molecule has 3 rings (SSSR count). The Bertz CT molecular complexity index is 1080. The third-order valence-electron chi connectivity index (χ3n) is 4.24. The molecular formula is C24H22BrFN2O3. The van der Waals surface area contributed by atoms with Gasteiger partial charge in [0.2, 0.25) is 0 Å². The number of carbonyl (C=O) groups excluding carboxylic acids is 2. The van der Waals surface area contributed by atoms with Crippen LogP contribution in [0.4, 0.5) is 15.8 Å². The predicted molar refractivity (Wildman–Crippen MR) is 123 cm³/mol. The highest BCUT2D eigenvalue weighted by atomic mass is 79.9. The Labute approximate surface area is 188 Å². The molecule has 31 heavy (non-hydrogen) atoms. The Morgan fingerprint density at radius 2 is 1.65 bits per heavy atom. The van der Waals surface area contributed by atoms with E-state index < -0.39 is 0 Å². The Balaban J connectivity index is 1.75. The molecule has 0 aliphatic rings. The fourth-order valence-electron chi connectivity index (χ4n) is 2.74. The maximum absolute atomic E-state index is 13.0. The van der Waals surface area contributed by atoms with E-state index in [0.29, 0.717) is 40.8 Å². The topological polar surface area (TPSA) is 67.4 Å². The van der Waals surface area contributed by atoms with Gasteiger partial charge in [0.15, 0.2) is 0 Å². The Kier molecular flexibility index (Phi) is 7.41. The summed E-state index contributed by atoms with van der Waals surface area (Å²) >= 11 is 3.38. The Morgan fingerprint density at radius 1 is 0.935 bits per heavy atom. The molecule has 0 aliphatic heterocycles. The maximum Gasteiger partial charge on any atom is 0.259 e. The third kappa shape index (κ3) is 6.39. The van der Waals surface area contributed by atoms with Crippen molar-refractivity contribution in [2.24, 2.45) is 5.92 Å². The number of nitrogens with one attached hydrogen (secondary N) is 2. The zero-order chi connectivity index (χ0) is 22.4. The van der Waals surface area contributed by atoms with Crippen LogP contribution in [0.2, 0.25) is 0 Å². The van der Waals surface area contributed by atoms with E-state index in [2.05, 4.69) is 26.6 Å². The van der Waals surface area contributed by atoms with Crippen molar-refractivity contribution in [2.75, 3.05) is 17.2 Å². The van der Waals surface area contributed by atoms with Gasteiger partial charge in [-0.3, -0.25) is 9.59 Å². The van der Waals surface area contributed by atoms with E-state index in [1.54, 1.807) is 36.4 Å². The van der Waals surface area contributed by atoms with E-state index in [-0.39, 0.29) is 17.6 Å². The number of carbonyl (C=O) groups is 2. The van der Waals surface area contributed by atoms with Gasteiger partial charge in [-0.2, -0.15) is 0 Å². The van der Waals surface area contributed by atoms with E-state index in [4.69, 9.17) is 4.74 Å². The molecule has 5 nitrogen and oxygen atoms in total. The number of benzene rings is 3. The highest BCUT2D eigenvalue weighted by Crippen LogP contribution is 2.25. The van der Waals surface area contributed by atoms with E-state index in [1.807, 2.05) is 19.9 Å². The zero-order valence-electron chi connectivity index (χ0n) is 17.1. The lowest BCUT2D eigenvalue weighted by Crippen LogP contribution is -2.16. The lowest BCUT2D eigenvalue weighted by molar-refractivity contribution is 0.101. The molecule has 0 saturated carbocycles. The molecule has 2 amide bonds. The summed E-state index contributed by atoms with van der Waals surface area (Å²) < 4.78 is 19.6. The molecule has 2 N–H and O–H groups in total. The van der Waals surface area contributed by atoms with Crippen molar-refractivity contribution in [1.82, 2.24) is 0 Å².